The number of imidazole rings is 1. The van der Waals surface area contributed by atoms with Crippen molar-refractivity contribution in [1.82, 2.24) is 19.8 Å². The zero-order valence-corrected chi connectivity index (χ0v) is 21.1. The molecule has 35 heavy (non-hydrogen) atoms. The minimum Gasteiger partial charge on any atom is -0.347 e. The summed E-state index contributed by atoms with van der Waals surface area (Å²) in [4.78, 5) is 25.5. The summed E-state index contributed by atoms with van der Waals surface area (Å²) >= 11 is 0. The van der Waals surface area contributed by atoms with Gasteiger partial charge in [-0.25, -0.2) is 4.98 Å². The topological polar surface area (TPSA) is 76.0 Å². The highest BCUT2D eigenvalue weighted by Crippen LogP contribution is 2.44. The predicted octanol–water partition coefficient (Wildman–Crippen LogP) is 5.28. The molecule has 3 aromatic rings. The van der Waals surface area contributed by atoms with Crippen LogP contribution in [-0.2, 0) is 11.2 Å². The van der Waals surface area contributed by atoms with Crippen LogP contribution >= 0.6 is 0 Å². The number of nitrogens with one attached hydrogen (secondary N) is 1. The number of hydrogen-bond acceptors (Lipinski definition) is 4. The van der Waals surface area contributed by atoms with Gasteiger partial charge in [0.05, 0.1) is 35.7 Å². The van der Waals surface area contributed by atoms with E-state index in [-0.39, 0.29) is 29.4 Å². The lowest BCUT2D eigenvalue weighted by atomic mass is 9.75. The molecule has 1 aromatic heterocycles. The number of benzene rings is 2. The van der Waals surface area contributed by atoms with Crippen molar-refractivity contribution in [2.75, 3.05) is 13.1 Å². The van der Waals surface area contributed by atoms with E-state index >= 15 is 0 Å². The van der Waals surface area contributed by atoms with E-state index in [1.54, 1.807) is 6.33 Å². The van der Waals surface area contributed by atoms with Crippen LogP contribution in [0.15, 0.2) is 67.1 Å². The van der Waals surface area contributed by atoms with Crippen LogP contribution in [0.1, 0.15) is 68.6 Å². The maximum Gasteiger partial charge on any atom is 0.222 e. The van der Waals surface area contributed by atoms with Crippen molar-refractivity contribution >= 4 is 5.91 Å². The zero-order chi connectivity index (χ0) is 25.0. The number of nitriles is 1. The number of carbonyl (C=O) groups excluding carboxylic acids is 1. The fraction of sp³-hybridized carbons (Fsp3) is 0.414. The van der Waals surface area contributed by atoms with Gasteiger partial charge in [-0.05, 0) is 35.1 Å². The third-order valence-electron chi connectivity index (χ3n) is 7.03. The number of piperazine rings is 1. The average molecular weight is 470 g/mol. The Morgan fingerprint density at radius 1 is 1.14 bits per heavy atom. The number of aromatic amines is 1. The summed E-state index contributed by atoms with van der Waals surface area (Å²) in [5, 5.41) is 9.21. The molecule has 4 rings (SSSR count). The molecule has 1 aliphatic heterocycles. The second kappa shape index (κ2) is 10.5. The molecule has 0 spiro atoms. The maximum atomic E-state index is 13.1. The SMILES string of the molecule is CCC(=O)N1CCN(C(Cc2ccc(C#N)cc2)c2cnc[nH]2)C(C(C)(C)C)C1c1ccccc1. The van der Waals surface area contributed by atoms with Crippen LogP contribution < -0.4 is 0 Å². The first kappa shape index (κ1) is 24.7. The predicted molar refractivity (Wildman–Crippen MR) is 137 cm³/mol. The van der Waals surface area contributed by atoms with E-state index in [0.29, 0.717) is 18.5 Å². The minimum absolute atomic E-state index is 0.0520. The summed E-state index contributed by atoms with van der Waals surface area (Å²) in [6.45, 7) is 10.2. The van der Waals surface area contributed by atoms with Gasteiger partial charge in [0.1, 0.15) is 0 Å². The van der Waals surface area contributed by atoms with Crippen LogP contribution in [0.25, 0.3) is 0 Å². The Kier molecular flexibility index (Phi) is 7.37. The molecule has 2 heterocycles. The Labute approximate surface area is 208 Å². The van der Waals surface area contributed by atoms with E-state index in [1.807, 2.05) is 43.5 Å². The molecule has 1 aliphatic rings. The van der Waals surface area contributed by atoms with E-state index in [9.17, 15) is 10.1 Å². The van der Waals surface area contributed by atoms with Gasteiger partial charge < -0.3 is 9.88 Å². The molecule has 1 fully saturated rings. The first-order chi connectivity index (χ1) is 16.8. The van der Waals surface area contributed by atoms with Crippen molar-refractivity contribution in [3.8, 4) is 6.07 Å². The average Bonchev–Trinajstić information content (AvgIpc) is 3.41. The number of H-pyrrole nitrogens is 1. The zero-order valence-electron chi connectivity index (χ0n) is 21.1. The molecule has 0 aliphatic carbocycles. The number of aromatic nitrogens is 2. The molecular formula is C29H35N5O. The van der Waals surface area contributed by atoms with Gasteiger partial charge in [-0.1, -0.05) is 70.2 Å². The fourth-order valence-electron chi connectivity index (χ4n) is 5.46. The van der Waals surface area contributed by atoms with Gasteiger partial charge in [0.2, 0.25) is 5.91 Å². The lowest BCUT2D eigenvalue weighted by Gasteiger charge is -2.55. The van der Waals surface area contributed by atoms with Crippen molar-refractivity contribution in [2.24, 2.45) is 5.41 Å². The molecule has 1 N–H and O–H groups in total. The van der Waals surface area contributed by atoms with Crippen LogP contribution in [0.4, 0.5) is 0 Å². The van der Waals surface area contributed by atoms with E-state index in [1.165, 1.54) is 11.1 Å². The Morgan fingerprint density at radius 2 is 1.86 bits per heavy atom. The Morgan fingerprint density at radius 3 is 2.43 bits per heavy atom. The van der Waals surface area contributed by atoms with Gasteiger partial charge in [-0.3, -0.25) is 9.69 Å². The normalized spacial score (nSPS) is 19.8. The van der Waals surface area contributed by atoms with Gasteiger partial charge in [0.25, 0.3) is 0 Å². The number of carbonyl (C=O) groups is 1. The highest BCUT2D eigenvalue weighted by Gasteiger charge is 2.47. The molecule has 1 saturated heterocycles. The third kappa shape index (κ3) is 5.31. The largest absolute Gasteiger partial charge is 0.347 e. The third-order valence-corrected chi connectivity index (χ3v) is 7.03. The molecule has 6 nitrogen and oxygen atoms in total. The van der Waals surface area contributed by atoms with Crippen molar-refractivity contribution in [1.29, 1.82) is 5.26 Å². The van der Waals surface area contributed by atoms with Crippen molar-refractivity contribution in [3.05, 3.63) is 89.5 Å². The monoisotopic (exact) mass is 469 g/mol. The van der Waals surface area contributed by atoms with Crippen LogP contribution in [0.5, 0.6) is 0 Å². The molecule has 182 valence electrons. The molecule has 0 radical (unpaired) electrons. The summed E-state index contributed by atoms with van der Waals surface area (Å²) in [6, 6.07) is 20.6. The van der Waals surface area contributed by atoms with E-state index in [0.717, 1.165) is 18.7 Å². The van der Waals surface area contributed by atoms with Crippen molar-refractivity contribution < 1.29 is 4.79 Å². The molecule has 0 bridgehead atoms. The van der Waals surface area contributed by atoms with Gasteiger partial charge >= 0.3 is 0 Å². The van der Waals surface area contributed by atoms with Crippen LogP contribution in [0.3, 0.4) is 0 Å². The second-order valence-corrected chi connectivity index (χ2v) is 10.4. The molecule has 3 atom stereocenters. The number of nitrogens with zero attached hydrogens (tertiary/aromatic N) is 4. The molecule has 3 unspecified atom stereocenters. The summed E-state index contributed by atoms with van der Waals surface area (Å²) in [5.74, 6) is 0.193. The summed E-state index contributed by atoms with van der Waals surface area (Å²) in [5.41, 5.74) is 3.96. The molecule has 2 aromatic carbocycles. The number of amides is 1. The Balaban J connectivity index is 1.79. The lowest BCUT2D eigenvalue weighted by Crippen LogP contribution is -2.61. The van der Waals surface area contributed by atoms with Gasteiger partial charge in [-0.15, -0.1) is 0 Å². The van der Waals surface area contributed by atoms with E-state index < -0.39 is 0 Å². The van der Waals surface area contributed by atoms with Gasteiger partial charge in [0, 0.05) is 31.7 Å². The second-order valence-electron chi connectivity index (χ2n) is 10.4. The number of hydrogen-bond donors (Lipinski definition) is 1. The van der Waals surface area contributed by atoms with Crippen LogP contribution in [0.2, 0.25) is 0 Å². The maximum absolute atomic E-state index is 13.1. The first-order valence-electron chi connectivity index (χ1n) is 12.4. The standard InChI is InChI=1S/C29H35N5O/c1-5-26(35)34-16-15-33(28(29(2,3)4)27(34)23-9-7-6-8-10-23)25(24-19-31-20-32-24)17-21-11-13-22(18-30)14-12-21/h6-14,19-20,25,27-28H,5,15-17H2,1-4H3,(H,31,32). The lowest BCUT2D eigenvalue weighted by molar-refractivity contribution is -0.143. The Bertz CT molecular complexity index is 1140. The summed E-state index contributed by atoms with van der Waals surface area (Å²) < 4.78 is 0. The highest BCUT2D eigenvalue weighted by molar-refractivity contribution is 5.76. The van der Waals surface area contributed by atoms with Gasteiger partial charge in [0.15, 0.2) is 0 Å². The quantitative estimate of drug-likeness (QED) is 0.533. The molecule has 1 amide bonds. The minimum atomic E-state index is -0.101. The van der Waals surface area contributed by atoms with Crippen molar-refractivity contribution in [3.63, 3.8) is 0 Å². The Hall–Kier alpha value is -3.43. The van der Waals surface area contributed by atoms with Crippen molar-refractivity contribution in [2.45, 2.75) is 58.7 Å². The first-order valence-corrected chi connectivity index (χ1v) is 12.4. The molecular weight excluding hydrogens is 434 g/mol. The van der Waals surface area contributed by atoms with E-state index in [2.05, 4.69) is 70.9 Å². The highest BCUT2D eigenvalue weighted by atomic mass is 16.2. The van der Waals surface area contributed by atoms with Crippen LogP contribution in [0, 0.1) is 16.7 Å². The van der Waals surface area contributed by atoms with E-state index in [4.69, 9.17) is 0 Å². The molecule has 6 heteroatoms. The van der Waals surface area contributed by atoms with Gasteiger partial charge in [-0.2, -0.15) is 5.26 Å². The number of rotatable bonds is 6. The fourth-order valence-corrected chi connectivity index (χ4v) is 5.46. The summed E-state index contributed by atoms with van der Waals surface area (Å²) in [7, 11) is 0. The molecule has 0 saturated carbocycles. The van der Waals surface area contributed by atoms with Crippen LogP contribution in [-0.4, -0.2) is 44.8 Å². The smallest absolute Gasteiger partial charge is 0.222 e. The summed E-state index contributed by atoms with van der Waals surface area (Å²) in [6.07, 6.45) is 4.92.